The fraction of sp³-hybridized carbons (Fsp3) is 0.200. The van der Waals surface area contributed by atoms with Gasteiger partial charge in [0.25, 0.3) is 0 Å². The molecule has 0 bridgehead atoms. The van der Waals surface area contributed by atoms with E-state index in [-0.39, 0.29) is 4.90 Å². The molecule has 1 atom stereocenters. The van der Waals surface area contributed by atoms with E-state index in [1.807, 2.05) is 0 Å². The second kappa shape index (κ2) is 5.55. The average molecular weight is 285 g/mol. The van der Waals surface area contributed by atoms with Crippen LogP contribution in [0.3, 0.4) is 0 Å². The Hall–Kier alpha value is -1.01. The highest BCUT2D eigenvalue weighted by Crippen LogP contribution is 2.22. The summed E-state index contributed by atoms with van der Waals surface area (Å²) in [5.74, 6) is -2.83. The third-order valence-corrected chi connectivity index (χ3v) is 4.22. The first-order chi connectivity index (χ1) is 7.84. The molecule has 2 nitrogen and oxygen atoms in total. The number of allylic oxidation sites excluding steroid dienone is 1. The molecule has 0 aliphatic carbocycles. The van der Waals surface area contributed by atoms with Crippen molar-refractivity contribution in [2.75, 3.05) is 5.75 Å². The molecule has 0 saturated heterocycles. The van der Waals surface area contributed by atoms with Gasteiger partial charge in [-0.05, 0) is 12.1 Å². The van der Waals surface area contributed by atoms with E-state index in [9.17, 15) is 21.6 Å². The van der Waals surface area contributed by atoms with Crippen molar-refractivity contribution in [1.82, 2.24) is 0 Å². The normalized spacial score (nSPS) is 13.2. The minimum Gasteiger partial charge on any atom is -0.224 e. The highest BCUT2D eigenvalue weighted by molar-refractivity contribution is 7.91. The Morgan fingerprint density at radius 2 is 1.71 bits per heavy atom. The fourth-order valence-corrected chi connectivity index (χ4v) is 2.98. The Labute approximate surface area is 102 Å². The lowest BCUT2D eigenvalue weighted by molar-refractivity contribution is 0.374. The number of benzene rings is 1. The maximum Gasteiger partial charge on any atom is 0.303 e. The SMILES string of the molecule is O=S(=O)(CC(Cl)C(F)=C(F)F)c1ccccc1. The first-order valence-corrected chi connectivity index (χ1v) is 6.56. The van der Waals surface area contributed by atoms with E-state index in [0.717, 1.165) is 0 Å². The zero-order valence-corrected chi connectivity index (χ0v) is 9.98. The summed E-state index contributed by atoms with van der Waals surface area (Å²) in [7, 11) is -3.88. The molecule has 7 heteroatoms. The maximum atomic E-state index is 12.7. The van der Waals surface area contributed by atoms with Crippen molar-refractivity contribution < 1.29 is 21.6 Å². The van der Waals surface area contributed by atoms with Crippen LogP contribution in [0.4, 0.5) is 13.2 Å². The minimum atomic E-state index is -3.88. The summed E-state index contributed by atoms with van der Waals surface area (Å²) in [5.41, 5.74) is 0. The summed E-state index contributed by atoms with van der Waals surface area (Å²) in [6, 6.07) is 7.10. The van der Waals surface area contributed by atoms with Gasteiger partial charge in [-0.1, -0.05) is 18.2 Å². The predicted molar refractivity (Wildman–Crippen MR) is 58.5 cm³/mol. The molecule has 0 radical (unpaired) electrons. The van der Waals surface area contributed by atoms with Gasteiger partial charge in [0.05, 0.1) is 10.6 Å². The minimum absolute atomic E-state index is 0.0854. The van der Waals surface area contributed by atoms with Gasteiger partial charge < -0.3 is 0 Å². The van der Waals surface area contributed by atoms with Crippen LogP contribution in [0.25, 0.3) is 0 Å². The highest BCUT2D eigenvalue weighted by atomic mass is 35.5. The lowest BCUT2D eigenvalue weighted by atomic mass is 10.4. The van der Waals surface area contributed by atoms with Crippen molar-refractivity contribution in [1.29, 1.82) is 0 Å². The summed E-state index contributed by atoms with van der Waals surface area (Å²) in [6.07, 6.45) is -2.60. The standard InChI is InChI=1S/C10H8ClF3O2S/c11-8(9(12)10(13)14)6-17(15,16)7-4-2-1-3-5-7/h1-5,8H,6H2. The molecule has 0 aliphatic heterocycles. The summed E-state index contributed by atoms with van der Waals surface area (Å²) in [6.45, 7) is 0. The average Bonchev–Trinajstić information content (AvgIpc) is 2.28. The molecule has 1 unspecified atom stereocenters. The van der Waals surface area contributed by atoms with Gasteiger partial charge in [0.15, 0.2) is 15.7 Å². The van der Waals surface area contributed by atoms with Crippen LogP contribution >= 0.6 is 11.6 Å². The topological polar surface area (TPSA) is 34.1 Å². The third-order valence-electron chi connectivity index (χ3n) is 1.92. The molecule has 0 amide bonds. The van der Waals surface area contributed by atoms with Gasteiger partial charge in [0.2, 0.25) is 0 Å². The Balaban J connectivity index is 2.93. The molecule has 0 saturated carbocycles. The van der Waals surface area contributed by atoms with Gasteiger partial charge in [-0.2, -0.15) is 8.78 Å². The van der Waals surface area contributed by atoms with Crippen LogP contribution in [0.1, 0.15) is 0 Å². The fourth-order valence-electron chi connectivity index (χ4n) is 1.11. The largest absolute Gasteiger partial charge is 0.303 e. The van der Waals surface area contributed by atoms with E-state index in [0.29, 0.717) is 0 Å². The summed E-state index contributed by atoms with van der Waals surface area (Å²) in [5, 5.41) is -1.88. The van der Waals surface area contributed by atoms with Crippen molar-refractivity contribution in [3.63, 3.8) is 0 Å². The van der Waals surface area contributed by atoms with Crippen LogP contribution < -0.4 is 0 Å². The molecule has 0 heterocycles. The molecule has 1 rings (SSSR count). The lowest BCUT2D eigenvalue weighted by Gasteiger charge is -2.07. The molecule has 0 N–H and O–H groups in total. The first-order valence-electron chi connectivity index (χ1n) is 4.47. The molecule has 0 spiro atoms. The Morgan fingerprint density at radius 3 is 2.18 bits per heavy atom. The molecule has 94 valence electrons. The monoisotopic (exact) mass is 284 g/mol. The van der Waals surface area contributed by atoms with Crippen LogP contribution in [0.15, 0.2) is 47.1 Å². The van der Waals surface area contributed by atoms with Crippen LogP contribution in [-0.4, -0.2) is 19.5 Å². The van der Waals surface area contributed by atoms with Crippen molar-refractivity contribution in [3.05, 3.63) is 42.2 Å². The van der Waals surface area contributed by atoms with Gasteiger partial charge in [-0.3, -0.25) is 0 Å². The first kappa shape index (κ1) is 14.1. The maximum absolute atomic E-state index is 12.7. The van der Waals surface area contributed by atoms with E-state index < -0.39 is 32.9 Å². The van der Waals surface area contributed by atoms with E-state index in [1.54, 1.807) is 6.07 Å². The Kier molecular flexibility index (Phi) is 4.59. The second-order valence-electron chi connectivity index (χ2n) is 3.17. The number of alkyl halides is 1. The van der Waals surface area contributed by atoms with Crippen molar-refractivity contribution in [2.24, 2.45) is 0 Å². The number of hydrogen-bond donors (Lipinski definition) is 0. The Bertz CT molecular complexity index is 510. The number of hydrogen-bond acceptors (Lipinski definition) is 2. The lowest BCUT2D eigenvalue weighted by Crippen LogP contribution is -2.17. The van der Waals surface area contributed by atoms with Gasteiger partial charge in [-0.15, -0.1) is 11.6 Å². The zero-order chi connectivity index (χ0) is 13.1. The van der Waals surface area contributed by atoms with E-state index in [4.69, 9.17) is 11.6 Å². The number of rotatable bonds is 4. The molecule has 0 aromatic heterocycles. The van der Waals surface area contributed by atoms with Gasteiger partial charge >= 0.3 is 6.08 Å². The smallest absolute Gasteiger partial charge is 0.224 e. The molecular formula is C10H8ClF3O2S. The third kappa shape index (κ3) is 3.74. The van der Waals surface area contributed by atoms with Crippen LogP contribution in [0, 0.1) is 0 Å². The van der Waals surface area contributed by atoms with E-state index in [1.165, 1.54) is 24.3 Å². The van der Waals surface area contributed by atoms with Crippen LogP contribution in [0.5, 0.6) is 0 Å². The molecule has 1 aromatic carbocycles. The highest BCUT2D eigenvalue weighted by Gasteiger charge is 2.25. The summed E-state index contributed by atoms with van der Waals surface area (Å²) in [4.78, 5) is -0.0854. The molecular weight excluding hydrogens is 277 g/mol. The predicted octanol–water partition coefficient (Wildman–Crippen LogP) is 3.15. The molecule has 0 aliphatic rings. The Morgan fingerprint density at radius 1 is 1.18 bits per heavy atom. The molecule has 0 fully saturated rings. The van der Waals surface area contributed by atoms with Crippen molar-refractivity contribution in [3.8, 4) is 0 Å². The molecule has 1 aromatic rings. The van der Waals surface area contributed by atoms with Gasteiger partial charge in [-0.25, -0.2) is 12.8 Å². The van der Waals surface area contributed by atoms with Crippen molar-refractivity contribution >= 4 is 21.4 Å². The van der Waals surface area contributed by atoms with Crippen molar-refractivity contribution in [2.45, 2.75) is 10.3 Å². The quantitative estimate of drug-likeness (QED) is 0.796. The summed E-state index contributed by atoms with van der Waals surface area (Å²) < 4.78 is 59.8. The van der Waals surface area contributed by atoms with Gasteiger partial charge in [0, 0.05) is 0 Å². The van der Waals surface area contributed by atoms with Crippen LogP contribution in [-0.2, 0) is 9.84 Å². The molecule has 17 heavy (non-hydrogen) atoms. The van der Waals surface area contributed by atoms with E-state index >= 15 is 0 Å². The summed E-state index contributed by atoms with van der Waals surface area (Å²) >= 11 is 5.27. The second-order valence-corrected chi connectivity index (χ2v) is 5.73. The zero-order valence-electron chi connectivity index (χ0n) is 8.41. The van der Waals surface area contributed by atoms with Crippen LogP contribution in [0.2, 0.25) is 0 Å². The number of sulfone groups is 1. The van der Waals surface area contributed by atoms with E-state index in [2.05, 4.69) is 0 Å². The number of halogens is 4. The van der Waals surface area contributed by atoms with Gasteiger partial charge in [0.1, 0.15) is 5.38 Å².